The predicted octanol–water partition coefficient (Wildman–Crippen LogP) is 7.74. The Kier molecular flexibility index (Phi) is 4.79. The van der Waals surface area contributed by atoms with Crippen LogP contribution in [0.4, 0.5) is 0 Å². The first-order valence-electron chi connectivity index (χ1n) is 6.57. The minimum Gasteiger partial charge on any atom is -0.0837 e. The van der Waals surface area contributed by atoms with E-state index in [0.717, 1.165) is 26.7 Å². The monoisotopic (exact) mass is 410 g/mol. The van der Waals surface area contributed by atoms with Crippen molar-refractivity contribution in [3.8, 4) is 22.3 Å². The summed E-state index contributed by atoms with van der Waals surface area (Å²) in [5.74, 6) is 0. The van der Waals surface area contributed by atoms with Crippen molar-refractivity contribution < 1.29 is 0 Å². The third-order valence-electron chi connectivity index (χ3n) is 3.40. The molecule has 0 aliphatic carbocycles. The van der Waals surface area contributed by atoms with Crippen LogP contribution in [0.2, 0.25) is 15.1 Å². The molecule has 0 fully saturated rings. The van der Waals surface area contributed by atoms with E-state index in [1.165, 1.54) is 0 Å². The quantitative estimate of drug-likeness (QED) is 0.404. The number of benzene rings is 3. The van der Waals surface area contributed by atoms with Crippen molar-refractivity contribution >= 4 is 50.7 Å². The molecule has 0 aromatic heterocycles. The van der Waals surface area contributed by atoms with E-state index >= 15 is 0 Å². The standard InChI is InChI=1S/C18H10BrCl3/c19-14-7-3-1-6-13(14)17-16(21)10-9-12(18(17)22)11-5-2-4-8-15(11)20/h1-10H. The SMILES string of the molecule is Clc1ccccc1-c1ccc(Cl)c(-c2ccccc2Br)c1Cl. The molecular weight excluding hydrogens is 402 g/mol. The average molecular weight is 413 g/mol. The van der Waals surface area contributed by atoms with E-state index in [2.05, 4.69) is 15.9 Å². The fourth-order valence-corrected chi connectivity index (χ4v) is 3.75. The molecule has 0 amide bonds. The second-order valence-electron chi connectivity index (χ2n) is 4.74. The van der Waals surface area contributed by atoms with Gasteiger partial charge in [0.1, 0.15) is 0 Å². The summed E-state index contributed by atoms with van der Waals surface area (Å²) in [7, 11) is 0. The van der Waals surface area contributed by atoms with Gasteiger partial charge in [-0.25, -0.2) is 0 Å². The van der Waals surface area contributed by atoms with E-state index in [-0.39, 0.29) is 0 Å². The van der Waals surface area contributed by atoms with E-state index < -0.39 is 0 Å². The van der Waals surface area contributed by atoms with Crippen molar-refractivity contribution in [3.63, 3.8) is 0 Å². The Hall–Kier alpha value is -0.990. The minimum atomic E-state index is 0.590. The van der Waals surface area contributed by atoms with Gasteiger partial charge in [0, 0.05) is 31.2 Å². The number of halogens is 4. The van der Waals surface area contributed by atoms with Gasteiger partial charge in [0.2, 0.25) is 0 Å². The number of rotatable bonds is 2. The van der Waals surface area contributed by atoms with E-state index in [4.69, 9.17) is 34.8 Å². The Morgan fingerprint density at radius 1 is 0.591 bits per heavy atom. The van der Waals surface area contributed by atoms with Gasteiger partial charge in [-0.1, -0.05) is 93.2 Å². The normalized spacial score (nSPS) is 10.7. The highest BCUT2D eigenvalue weighted by Crippen LogP contribution is 2.44. The molecule has 0 radical (unpaired) electrons. The Bertz CT molecular complexity index is 843. The Balaban J connectivity index is 2.28. The lowest BCUT2D eigenvalue weighted by Gasteiger charge is -2.14. The molecule has 110 valence electrons. The second-order valence-corrected chi connectivity index (χ2v) is 6.79. The zero-order valence-electron chi connectivity index (χ0n) is 11.3. The van der Waals surface area contributed by atoms with Crippen LogP contribution < -0.4 is 0 Å². The molecule has 0 unspecified atom stereocenters. The van der Waals surface area contributed by atoms with E-state index in [0.29, 0.717) is 15.1 Å². The van der Waals surface area contributed by atoms with Gasteiger partial charge in [-0.05, 0) is 23.8 Å². The highest BCUT2D eigenvalue weighted by molar-refractivity contribution is 9.10. The van der Waals surface area contributed by atoms with Crippen LogP contribution in [0.15, 0.2) is 65.1 Å². The van der Waals surface area contributed by atoms with Crippen LogP contribution >= 0.6 is 50.7 Å². The van der Waals surface area contributed by atoms with Crippen LogP contribution in [0.25, 0.3) is 22.3 Å². The van der Waals surface area contributed by atoms with Crippen LogP contribution in [0, 0.1) is 0 Å². The van der Waals surface area contributed by atoms with Gasteiger partial charge in [0.15, 0.2) is 0 Å². The Morgan fingerprint density at radius 3 is 1.91 bits per heavy atom. The van der Waals surface area contributed by atoms with E-state index in [1.807, 2.05) is 60.7 Å². The maximum Gasteiger partial charge on any atom is 0.0578 e. The van der Waals surface area contributed by atoms with Gasteiger partial charge in [-0.3, -0.25) is 0 Å². The van der Waals surface area contributed by atoms with Gasteiger partial charge in [0.25, 0.3) is 0 Å². The van der Waals surface area contributed by atoms with Crippen molar-refractivity contribution in [1.29, 1.82) is 0 Å². The average Bonchev–Trinajstić information content (AvgIpc) is 2.50. The van der Waals surface area contributed by atoms with Crippen molar-refractivity contribution in [2.24, 2.45) is 0 Å². The molecule has 0 nitrogen and oxygen atoms in total. The predicted molar refractivity (Wildman–Crippen MR) is 100 cm³/mol. The van der Waals surface area contributed by atoms with Gasteiger partial charge in [0.05, 0.1) is 5.02 Å². The van der Waals surface area contributed by atoms with Gasteiger partial charge < -0.3 is 0 Å². The zero-order chi connectivity index (χ0) is 15.7. The lowest BCUT2D eigenvalue weighted by Crippen LogP contribution is -1.88. The fraction of sp³-hybridized carbons (Fsp3) is 0. The third-order valence-corrected chi connectivity index (χ3v) is 5.13. The summed E-state index contributed by atoms with van der Waals surface area (Å²) in [4.78, 5) is 0. The summed E-state index contributed by atoms with van der Waals surface area (Å²) >= 11 is 22.9. The van der Waals surface area contributed by atoms with E-state index in [9.17, 15) is 0 Å². The van der Waals surface area contributed by atoms with Crippen molar-refractivity contribution in [3.05, 3.63) is 80.2 Å². The van der Waals surface area contributed by atoms with Crippen molar-refractivity contribution in [2.75, 3.05) is 0 Å². The lowest BCUT2D eigenvalue weighted by molar-refractivity contribution is 1.56. The van der Waals surface area contributed by atoms with Crippen molar-refractivity contribution in [2.45, 2.75) is 0 Å². The second kappa shape index (κ2) is 6.64. The lowest BCUT2D eigenvalue weighted by atomic mass is 9.98. The molecule has 0 aliphatic rings. The topological polar surface area (TPSA) is 0 Å². The van der Waals surface area contributed by atoms with Crippen LogP contribution in [-0.2, 0) is 0 Å². The van der Waals surface area contributed by atoms with Gasteiger partial charge in [-0.15, -0.1) is 0 Å². The first kappa shape index (κ1) is 15.9. The minimum absolute atomic E-state index is 0.590. The highest BCUT2D eigenvalue weighted by atomic mass is 79.9. The molecule has 22 heavy (non-hydrogen) atoms. The summed E-state index contributed by atoms with van der Waals surface area (Å²) in [6.07, 6.45) is 0. The van der Waals surface area contributed by atoms with Crippen LogP contribution in [0.1, 0.15) is 0 Å². The molecule has 0 heterocycles. The molecule has 0 bridgehead atoms. The maximum atomic E-state index is 6.66. The molecular formula is C18H10BrCl3. The largest absolute Gasteiger partial charge is 0.0837 e. The van der Waals surface area contributed by atoms with Crippen LogP contribution in [-0.4, -0.2) is 0 Å². The number of hydrogen-bond acceptors (Lipinski definition) is 0. The number of hydrogen-bond donors (Lipinski definition) is 0. The summed E-state index contributed by atoms with van der Waals surface area (Å²) in [5.41, 5.74) is 3.50. The molecule has 0 spiro atoms. The molecule has 4 heteroatoms. The Labute approximate surface area is 152 Å². The van der Waals surface area contributed by atoms with Crippen LogP contribution in [0.3, 0.4) is 0 Å². The molecule has 0 atom stereocenters. The summed E-state index contributed by atoms with van der Waals surface area (Å²) < 4.78 is 0.940. The molecule has 3 rings (SSSR count). The van der Waals surface area contributed by atoms with Gasteiger partial charge in [-0.2, -0.15) is 0 Å². The first-order valence-corrected chi connectivity index (χ1v) is 8.50. The fourth-order valence-electron chi connectivity index (χ4n) is 2.35. The summed E-state index contributed by atoms with van der Waals surface area (Å²) in [6.45, 7) is 0. The zero-order valence-corrected chi connectivity index (χ0v) is 15.1. The Morgan fingerprint density at radius 2 is 1.23 bits per heavy atom. The van der Waals surface area contributed by atoms with E-state index in [1.54, 1.807) is 0 Å². The summed E-state index contributed by atoms with van der Waals surface area (Å²) in [6, 6.07) is 19.2. The molecule has 0 saturated carbocycles. The molecule has 0 saturated heterocycles. The smallest absolute Gasteiger partial charge is 0.0578 e. The first-order chi connectivity index (χ1) is 10.6. The summed E-state index contributed by atoms with van der Waals surface area (Å²) in [5, 5.41) is 1.85. The maximum absolute atomic E-state index is 6.66. The molecule has 3 aromatic rings. The highest BCUT2D eigenvalue weighted by Gasteiger charge is 2.16. The third kappa shape index (κ3) is 2.91. The van der Waals surface area contributed by atoms with Crippen LogP contribution in [0.5, 0.6) is 0 Å². The van der Waals surface area contributed by atoms with Crippen molar-refractivity contribution in [1.82, 2.24) is 0 Å². The van der Waals surface area contributed by atoms with Gasteiger partial charge >= 0.3 is 0 Å². The molecule has 3 aromatic carbocycles. The molecule has 0 aliphatic heterocycles. The molecule has 0 N–H and O–H groups in total.